The summed E-state index contributed by atoms with van der Waals surface area (Å²) < 4.78 is 26.9. The van der Waals surface area contributed by atoms with Crippen molar-refractivity contribution in [2.45, 2.75) is 37.6 Å². The van der Waals surface area contributed by atoms with Crippen LogP contribution in [0.1, 0.15) is 24.5 Å². The molecule has 0 unspecified atom stereocenters. The number of aryl methyl sites for hydroxylation is 2. The molecule has 1 heterocycles. The Hall–Kier alpha value is -2.34. The lowest BCUT2D eigenvalue weighted by Gasteiger charge is -2.36. The number of nitrogens with one attached hydrogen (secondary N) is 1. The molecular formula is C19H22N2O3S. The van der Waals surface area contributed by atoms with E-state index in [0.29, 0.717) is 0 Å². The van der Waals surface area contributed by atoms with Crippen LogP contribution in [0.4, 0.5) is 5.69 Å². The van der Waals surface area contributed by atoms with Crippen molar-refractivity contribution in [1.82, 2.24) is 4.72 Å². The second-order valence-corrected chi connectivity index (χ2v) is 8.17. The molecule has 0 spiro atoms. The summed E-state index contributed by atoms with van der Waals surface area (Å²) in [6.45, 7) is 3.95. The van der Waals surface area contributed by atoms with Gasteiger partial charge in [0.15, 0.2) is 0 Å². The standard InChI is InChI=1S/C19H22N2O3S/c1-14-7-11-17(12-8-14)25(23,24)20-19(22)13-21-15(2)9-10-16-5-3-4-6-18(16)21/h3-8,11-12,15H,9-10,13H2,1-2H3,(H,20,22)/t15-/m1/s1. The van der Waals surface area contributed by atoms with Gasteiger partial charge in [0.05, 0.1) is 11.4 Å². The van der Waals surface area contributed by atoms with E-state index in [2.05, 4.69) is 17.7 Å². The van der Waals surface area contributed by atoms with Gasteiger partial charge >= 0.3 is 0 Å². The highest BCUT2D eigenvalue weighted by Gasteiger charge is 2.26. The van der Waals surface area contributed by atoms with Crippen molar-refractivity contribution in [3.63, 3.8) is 0 Å². The Labute approximate surface area is 148 Å². The Balaban J connectivity index is 1.75. The van der Waals surface area contributed by atoms with Crippen LogP contribution in [-0.4, -0.2) is 26.9 Å². The maximum absolute atomic E-state index is 12.4. The number of sulfonamides is 1. The summed E-state index contributed by atoms with van der Waals surface area (Å²) >= 11 is 0. The number of hydrogen-bond acceptors (Lipinski definition) is 4. The fourth-order valence-electron chi connectivity index (χ4n) is 3.11. The van der Waals surface area contributed by atoms with E-state index < -0.39 is 15.9 Å². The largest absolute Gasteiger partial charge is 0.359 e. The molecule has 1 aliphatic rings. The minimum atomic E-state index is -3.85. The zero-order chi connectivity index (χ0) is 18.0. The third-order valence-electron chi connectivity index (χ3n) is 4.56. The van der Waals surface area contributed by atoms with E-state index in [1.165, 1.54) is 17.7 Å². The lowest BCUT2D eigenvalue weighted by molar-refractivity contribution is -0.118. The molecule has 6 heteroatoms. The minimum Gasteiger partial charge on any atom is -0.359 e. The number of nitrogens with zero attached hydrogens (tertiary/aromatic N) is 1. The van der Waals surface area contributed by atoms with Gasteiger partial charge in [-0.1, -0.05) is 35.9 Å². The van der Waals surface area contributed by atoms with E-state index in [9.17, 15) is 13.2 Å². The molecule has 1 aliphatic heterocycles. The highest BCUT2D eigenvalue weighted by molar-refractivity contribution is 7.90. The molecule has 25 heavy (non-hydrogen) atoms. The van der Waals surface area contributed by atoms with E-state index in [1.54, 1.807) is 12.1 Å². The molecule has 5 nitrogen and oxygen atoms in total. The van der Waals surface area contributed by atoms with Crippen molar-refractivity contribution in [1.29, 1.82) is 0 Å². The first-order valence-corrected chi connectivity index (χ1v) is 9.82. The Bertz CT molecular complexity index is 876. The predicted molar refractivity (Wildman–Crippen MR) is 98.1 cm³/mol. The van der Waals surface area contributed by atoms with Crippen LogP contribution in [0.25, 0.3) is 0 Å². The van der Waals surface area contributed by atoms with Gasteiger partial charge in [0.1, 0.15) is 0 Å². The van der Waals surface area contributed by atoms with Crippen LogP contribution in [0.5, 0.6) is 0 Å². The summed E-state index contributed by atoms with van der Waals surface area (Å²) in [5.41, 5.74) is 3.16. The maximum atomic E-state index is 12.4. The van der Waals surface area contributed by atoms with Gasteiger partial charge < -0.3 is 4.90 Å². The summed E-state index contributed by atoms with van der Waals surface area (Å²) in [5, 5.41) is 0. The number of rotatable bonds is 4. The van der Waals surface area contributed by atoms with E-state index in [-0.39, 0.29) is 17.5 Å². The molecule has 1 atom stereocenters. The van der Waals surface area contributed by atoms with Gasteiger partial charge in [-0.25, -0.2) is 13.1 Å². The monoisotopic (exact) mass is 358 g/mol. The Kier molecular flexibility index (Phi) is 4.81. The first kappa shape index (κ1) is 17.5. The van der Waals surface area contributed by atoms with E-state index in [1.807, 2.05) is 30.0 Å². The molecule has 0 radical (unpaired) electrons. The van der Waals surface area contributed by atoms with Crippen molar-refractivity contribution < 1.29 is 13.2 Å². The number of fused-ring (bicyclic) bond motifs is 1. The molecule has 3 rings (SSSR count). The zero-order valence-electron chi connectivity index (χ0n) is 14.4. The van der Waals surface area contributed by atoms with E-state index in [4.69, 9.17) is 0 Å². The van der Waals surface area contributed by atoms with E-state index in [0.717, 1.165) is 24.1 Å². The van der Waals surface area contributed by atoms with Gasteiger partial charge in [0.25, 0.3) is 15.9 Å². The topological polar surface area (TPSA) is 66.5 Å². The van der Waals surface area contributed by atoms with Crippen molar-refractivity contribution in [3.8, 4) is 0 Å². The SMILES string of the molecule is Cc1ccc(S(=O)(=O)NC(=O)CN2c3ccccc3CC[C@H]2C)cc1. The molecule has 2 aromatic rings. The van der Waals surface area contributed by atoms with Crippen molar-refractivity contribution in [2.75, 3.05) is 11.4 Å². The molecule has 0 aromatic heterocycles. The quantitative estimate of drug-likeness (QED) is 0.912. The number of carbonyl (C=O) groups excluding carboxylic acids is 1. The second-order valence-electron chi connectivity index (χ2n) is 6.49. The van der Waals surface area contributed by atoms with Crippen LogP contribution in [-0.2, 0) is 21.2 Å². The number of benzene rings is 2. The Morgan fingerprint density at radius 3 is 2.56 bits per heavy atom. The number of amides is 1. The predicted octanol–water partition coefficient (Wildman–Crippen LogP) is 2.64. The number of anilines is 1. The highest BCUT2D eigenvalue weighted by atomic mass is 32.2. The molecule has 1 N–H and O–H groups in total. The van der Waals surface area contributed by atoms with Crippen molar-refractivity contribution in [3.05, 3.63) is 59.7 Å². The van der Waals surface area contributed by atoms with Gasteiger partial charge in [-0.05, 0) is 50.5 Å². The fourth-order valence-corrected chi connectivity index (χ4v) is 4.09. The molecule has 132 valence electrons. The Morgan fingerprint density at radius 1 is 1.16 bits per heavy atom. The molecule has 2 aromatic carbocycles. The van der Waals surface area contributed by atoms with E-state index >= 15 is 0 Å². The number of hydrogen-bond donors (Lipinski definition) is 1. The van der Waals surface area contributed by atoms with Crippen LogP contribution in [0.15, 0.2) is 53.4 Å². The number of para-hydroxylation sites is 1. The first-order valence-electron chi connectivity index (χ1n) is 8.34. The van der Waals surface area contributed by atoms with Crippen LogP contribution in [0.2, 0.25) is 0 Å². The highest BCUT2D eigenvalue weighted by Crippen LogP contribution is 2.30. The molecule has 0 saturated carbocycles. The number of carbonyl (C=O) groups is 1. The summed E-state index contributed by atoms with van der Waals surface area (Å²) in [6.07, 6.45) is 1.91. The van der Waals surface area contributed by atoms with Gasteiger partial charge in [-0.3, -0.25) is 4.79 Å². The third kappa shape index (κ3) is 3.85. The van der Waals surface area contributed by atoms with Crippen LogP contribution in [0.3, 0.4) is 0 Å². The summed E-state index contributed by atoms with van der Waals surface area (Å²) in [6, 6.07) is 14.6. The molecule has 0 aliphatic carbocycles. The smallest absolute Gasteiger partial charge is 0.264 e. The first-order chi connectivity index (χ1) is 11.9. The molecular weight excluding hydrogens is 336 g/mol. The molecule has 0 bridgehead atoms. The molecule has 0 fully saturated rings. The van der Waals surface area contributed by atoms with Crippen molar-refractivity contribution >= 4 is 21.6 Å². The third-order valence-corrected chi connectivity index (χ3v) is 5.95. The summed E-state index contributed by atoms with van der Waals surface area (Å²) in [5.74, 6) is -0.524. The second kappa shape index (κ2) is 6.88. The zero-order valence-corrected chi connectivity index (χ0v) is 15.2. The van der Waals surface area contributed by atoms with Crippen LogP contribution >= 0.6 is 0 Å². The molecule has 1 amide bonds. The van der Waals surface area contributed by atoms with Crippen LogP contribution in [0, 0.1) is 6.92 Å². The lowest BCUT2D eigenvalue weighted by atomic mass is 9.97. The fraction of sp³-hybridized carbons (Fsp3) is 0.316. The van der Waals surface area contributed by atoms with Crippen molar-refractivity contribution in [2.24, 2.45) is 0 Å². The average Bonchev–Trinajstić information content (AvgIpc) is 2.57. The van der Waals surface area contributed by atoms with Gasteiger partial charge in [0, 0.05) is 11.7 Å². The minimum absolute atomic E-state index is 0.0171. The normalized spacial score (nSPS) is 17.0. The van der Waals surface area contributed by atoms with Gasteiger partial charge in [-0.15, -0.1) is 0 Å². The maximum Gasteiger partial charge on any atom is 0.264 e. The summed E-state index contributed by atoms with van der Waals surface area (Å²) in [4.78, 5) is 14.5. The molecule has 0 saturated heterocycles. The van der Waals surface area contributed by atoms with Gasteiger partial charge in [-0.2, -0.15) is 0 Å². The van der Waals surface area contributed by atoms with Crippen LogP contribution < -0.4 is 9.62 Å². The summed E-state index contributed by atoms with van der Waals surface area (Å²) in [7, 11) is -3.85. The van der Waals surface area contributed by atoms with Gasteiger partial charge in [0.2, 0.25) is 0 Å². The average molecular weight is 358 g/mol. The lowest BCUT2D eigenvalue weighted by Crippen LogP contribution is -2.45. The Morgan fingerprint density at radius 2 is 1.84 bits per heavy atom.